The summed E-state index contributed by atoms with van der Waals surface area (Å²) in [7, 11) is -3.71. The average Bonchev–Trinajstić information content (AvgIpc) is 3.32. The normalized spacial score (nSPS) is 11.9. The van der Waals surface area contributed by atoms with Gasteiger partial charge in [0.15, 0.2) is 0 Å². The highest BCUT2D eigenvalue weighted by Gasteiger charge is 2.24. The molecule has 0 saturated carbocycles. The summed E-state index contributed by atoms with van der Waals surface area (Å²) >= 11 is 0. The standard InChI is InChI=1S/C27H30N4O4S/c1-4-15-30(16-5-2)36(33,34)25-14-10-11-21(18-25)26-23(17-22(19-28)27(32)35-6-3)20-31(29-26)24-12-8-7-9-13-24/h7-14,17-18,20H,4-6,15-16H2,1-3H3/b22-17-. The fraction of sp³-hybridized carbons (Fsp3) is 0.296. The van der Waals surface area contributed by atoms with Crippen molar-refractivity contribution in [3.05, 3.63) is 71.9 Å². The lowest BCUT2D eigenvalue weighted by molar-refractivity contribution is -0.137. The summed E-state index contributed by atoms with van der Waals surface area (Å²) in [6, 6.07) is 17.8. The molecule has 0 N–H and O–H groups in total. The van der Waals surface area contributed by atoms with E-state index in [1.807, 2.05) is 50.2 Å². The Labute approximate surface area is 212 Å². The number of carbonyl (C=O) groups is 1. The molecule has 0 unspecified atom stereocenters. The molecule has 3 rings (SSSR count). The molecule has 9 heteroatoms. The molecule has 0 fully saturated rings. The third kappa shape index (κ3) is 6.08. The number of hydrogen-bond acceptors (Lipinski definition) is 6. The number of nitriles is 1. The van der Waals surface area contributed by atoms with E-state index in [-0.39, 0.29) is 17.1 Å². The Morgan fingerprint density at radius 1 is 1.08 bits per heavy atom. The molecule has 0 saturated heterocycles. The molecule has 0 amide bonds. The summed E-state index contributed by atoms with van der Waals surface area (Å²) in [5.74, 6) is -0.732. The maximum atomic E-state index is 13.4. The van der Waals surface area contributed by atoms with Gasteiger partial charge in [-0.3, -0.25) is 0 Å². The summed E-state index contributed by atoms with van der Waals surface area (Å²) in [6.45, 7) is 6.56. The lowest BCUT2D eigenvalue weighted by Crippen LogP contribution is -2.32. The van der Waals surface area contributed by atoms with Gasteiger partial charge in [-0.1, -0.05) is 44.2 Å². The van der Waals surface area contributed by atoms with Crippen LogP contribution in [0.1, 0.15) is 39.2 Å². The topological polar surface area (TPSA) is 105 Å². The quantitative estimate of drug-likeness (QED) is 0.210. The molecule has 0 spiro atoms. The molecule has 0 atom stereocenters. The van der Waals surface area contributed by atoms with Crippen LogP contribution in [0.25, 0.3) is 23.0 Å². The fourth-order valence-corrected chi connectivity index (χ4v) is 5.41. The van der Waals surface area contributed by atoms with Gasteiger partial charge < -0.3 is 4.74 Å². The van der Waals surface area contributed by atoms with Gasteiger partial charge in [-0.15, -0.1) is 0 Å². The summed E-state index contributed by atoms with van der Waals surface area (Å²) in [5.41, 5.74) is 2.06. The molecule has 3 aromatic rings. The Bertz CT molecular complexity index is 1370. The zero-order valence-electron chi connectivity index (χ0n) is 20.7. The van der Waals surface area contributed by atoms with Gasteiger partial charge in [0.25, 0.3) is 0 Å². The third-order valence-electron chi connectivity index (χ3n) is 5.37. The molecule has 2 aromatic carbocycles. The maximum Gasteiger partial charge on any atom is 0.348 e. The first-order valence-corrected chi connectivity index (χ1v) is 13.3. The lowest BCUT2D eigenvalue weighted by Gasteiger charge is -2.21. The van der Waals surface area contributed by atoms with Gasteiger partial charge in [-0.05, 0) is 50.1 Å². The molecule has 0 aliphatic rings. The molecule has 0 bridgehead atoms. The fourth-order valence-electron chi connectivity index (χ4n) is 3.74. The highest BCUT2D eigenvalue weighted by molar-refractivity contribution is 7.89. The van der Waals surface area contributed by atoms with E-state index in [4.69, 9.17) is 4.74 Å². The highest BCUT2D eigenvalue weighted by Crippen LogP contribution is 2.29. The number of rotatable bonds is 11. The van der Waals surface area contributed by atoms with E-state index < -0.39 is 16.0 Å². The number of nitrogens with zero attached hydrogens (tertiary/aromatic N) is 4. The molecule has 188 valence electrons. The predicted molar refractivity (Wildman–Crippen MR) is 139 cm³/mol. The van der Waals surface area contributed by atoms with Crippen molar-refractivity contribution in [1.29, 1.82) is 5.26 Å². The average molecular weight is 507 g/mol. The van der Waals surface area contributed by atoms with Gasteiger partial charge in [0.2, 0.25) is 10.0 Å². The van der Waals surface area contributed by atoms with Crippen LogP contribution >= 0.6 is 0 Å². The van der Waals surface area contributed by atoms with Crippen molar-refractivity contribution in [2.75, 3.05) is 19.7 Å². The molecule has 8 nitrogen and oxygen atoms in total. The largest absolute Gasteiger partial charge is 0.462 e. The van der Waals surface area contributed by atoms with Crippen molar-refractivity contribution in [3.63, 3.8) is 0 Å². The molecule has 1 aromatic heterocycles. The lowest BCUT2D eigenvalue weighted by atomic mass is 10.1. The van der Waals surface area contributed by atoms with Crippen molar-refractivity contribution in [2.24, 2.45) is 0 Å². The maximum absolute atomic E-state index is 13.4. The summed E-state index contributed by atoms with van der Waals surface area (Å²) < 4.78 is 34.9. The predicted octanol–water partition coefficient (Wildman–Crippen LogP) is 4.82. The minimum atomic E-state index is -3.71. The Kier molecular flexibility index (Phi) is 9.17. The number of hydrogen-bond donors (Lipinski definition) is 0. The first-order chi connectivity index (χ1) is 17.3. The van der Waals surface area contributed by atoms with Crippen LogP contribution < -0.4 is 0 Å². The first kappa shape index (κ1) is 26.9. The van der Waals surface area contributed by atoms with Crippen LogP contribution in [-0.4, -0.2) is 48.2 Å². The Hall–Kier alpha value is -3.74. The van der Waals surface area contributed by atoms with E-state index >= 15 is 0 Å². The second kappa shape index (κ2) is 12.3. The number of sulfonamides is 1. The number of aromatic nitrogens is 2. The smallest absolute Gasteiger partial charge is 0.348 e. The minimum absolute atomic E-state index is 0.139. The zero-order chi connectivity index (χ0) is 26.1. The first-order valence-electron chi connectivity index (χ1n) is 11.9. The molecule has 0 aliphatic heterocycles. The second-order valence-corrected chi connectivity index (χ2v) is 9.97. The van der Waals surface area contributed by atoms with Crippen molar-refractivity contribution in [1.82, 2.24) is 14.1 Å². The zero-order valence-corrected chi connectivity index (χ0v) is 21.5. The van der Waals surface area contributed by atoms with Crippen molar-refractivity contribution < 1.29 is 17.9 Å². The van der Waals surface area contributed by atoms with Crippen LogP contribution in [-0.2, 0) is 19.6 Å². The minimum Gasteiger partial charge on any atom is -0.462 e. The summed E-state index contributed by atoms with van der Waals surface area (Å²) in [5, 5.41) is 14.2. The van der Waals surface area contributed by atoms with Gasteiger partial charge in [-0.2, -0.15) is 14.7 Å². The van der Waals surface area contributed by atoms with Crippen LogP contribution in [0.5, 0.6) is 0 Å². The SMILES string of the molecule is CCCN(CCC)S(=O)(=O)c1cccc(-c2nn(-c3ccccc3)cc2/C=C(/C#N)C(=O)OCC)c1. The monoisotopic (exact) mass is 506 g/mol. The Morgan fingerprint density at radius 3 is 2.39 bits per heavy atom. The number of para-hydroxylation sites is 1. The number of benzene rings is 2. The van der Waals surface area contributed by atoms with Crippen LogP contribution in [0.4, 0.5) is 0 Å². The van der Waals surface area contributed by atoms with Gasteiger partial charge in [0.05, 0.1) is 17.2 Å². The van der Waals surface area contributed by atoms with Gasteiger partial charge in [-0.25, -0.2) is 17.9 Å². The van der Waals surface area contributed by atoms with Crippen LogP contribution in [0.3, 0.4) is 0 Å². The summed E-state index contributed by atoms with van der Waals surface area (Å²) in [6.07, 6.45) is 4.53. The van der Waals surface area contributed by atoms with Crippen LogP contribution in [0.15, 0.2) is 71.3 Å². The van der Waals surface area contributed by atoms with Gasteiger partial charge >= 0.3 is 5.97 Å². The van der Waals surface area contributed by atoms with Crippen molar-refractivity contribution >= 4 is 22.1 Å². The molecule has 36 heavy (non-hydrogen) atoms. The van der Waals surface area contributed by atoms with Gasteiger partial charge in [0, 0.05) is 30.4 Å². The van der Waals surface area contributed by atoms with E-state index in [1.54, 1.807) is 42.1 Å². The second-order valence-electron chi connectivity index (χ2n) is 8.04. The van der Waals surface area contributed by atoms with E-state index in [2.05, 4.69) is 5.10 Å². The van der Waals surface area contributed by atoms with E-state index in [9.17, 15) is 18.5 Å². The van der Waals surface area contributed by atoms with Crippen molar-refractivity contribution in [2.45, 2.75) is 38.5 Å². The van der Waals surface area contributed by atoms with E-state index in [0.717, 1.165) is 5.69 Å². The van der Waals surface area contributed by atoms with Crippen LogP contribution in [0, 0.1) is 11.3 Å². The molecular weight excluding hydrogens is 476 g/mol. The van der Waals surface area contributed by atoms with E-state index in [1.165, 1.54) is 10.4 Å². The number of carbonyl (C=O) groups excluding carboxylic acids is 1. The molecule has 0 radical (unpaired) electrons. The number of ether oxygens (including phenoxy) is 1. The third-order valence-corrected chi connectivity index (χ3v) is 7.26. The van der Waals surface area contributed by atoms with Gasteiger partial charge in [0.1, 0.15) is 17.3 Å². The molecule has 1 heterocycles. The Morgan fingerprint density at radius 2 is 1.78 bits per heavy atom. The molecular formula is C27H30N4O4S. The number of esters is 1. The van der Waals surface area contributed by atoms with E-state index in [0.29, 0.717) is 42.8 Å². The molecule has 0 aliphatic carbocycles. The summed E-state index contributed by atoms with van der Waals surface area (Å²) in [4.78, 5) is 12.4. The van der Waals surface area contributed by atoms with Crippen molar-refractivity contribution in [3.8, 4) is 23.0 Å². The Balaban J connectivity index is 2.16. The highest BCUT2D eigenvalue weighted by atomic mass is 32.2. The van der Waals surface area contributed by atoms with Crippen LogP contribution in [0.2, 0.25) is 0 Å².